The van der Waals surface area contributed by atoms with Gasteiger partial charge >= 0.3 is 0 Å². The van der Waals surface area contributed by atoms with E-state index >= 15 is 0 Å². The van der Waals surface area contributed by atoms with Gasteiger partial charge in [-0.05, 0) is 57.9 Å². The van der Waals surface area contributed by atoms with Crippen LogP contribution in [-0.2, 0) is 0 Å². The third kappa shape index (κ3) is 4.08. The number of ether oxygens (including phenoxy) is 1. The lowest BCUT2D eigenvalue weighted by Gasteiger charge is -2.07. The van der Waals surface area contributed by atoms with Crippen LogP contribution in [0.25, 0.3) is 0 Å². The molecule has 0 bridgehead atoms. The molecule has 0 spiro atoms. The Labute approximate surface area is 144 Å². The fourth-order valence-corrected chi connectivity index (χ4v) is 2.91. The third-order valence-corrected chi connectivity index (χ3v) is 3.95. The minimum Gasteiger partial charge on any atom is -0.497 e. The molecule has 0 atom stereocenters. The lowest BCUT2D eigenvalue weighted by Crippen LogP contribution is -2.19. The van der Waals surface area contributed by atoms with Crippen molar-refractivity contribution in [1.29, 1.82) is 0 Å². The predicted octanol–water partition coefficient (Wildman–Crippen LogP) is 3.57. The van der Waals surface area contributed by atoms with Crippen LogP contribution in [0.2, 0.25) is 0 Å². The molecule has 0 fully saturated rings. The maximum absolute atomic E-state index is 12.1. The Morgan fingerprint density at radius 1 is 1.27 bits per heavy atom. The number of amides is 1. The number of rotatable bonds is 4. The average Bonchev–Trinajstić information content (AvgIpc) is 2.51. The number of hydrogen-bond donors (Lipinski definition) is 2. The Morgan fingerprint density at radius 3 is 2.59 bits per heavy atom. The largest absolute Gasteiger partial charge is 0.497 e. The van der Waals surface area contributed by atoms with Crippen molar-refractivity contribution in [3.05, 3.63) is 56.5 Å². The van der Waals surface area contributed by atoms with Gasteiger partial charge in [-0.1, -0.05) is 15.9 Å². The summed E-state index contributed by atoms with van der Waals surface area (Å²) in [5.74, 6) is 0.372. The second-order valence-corrected chi connectivity index (χ2v) is 6.09. The molecule has 1 amide bonds. The number of nitrogens with two attached hydrogens (primary N) is 1. The van der Waals surface area contributed by atoms with Gasteiger partial charge in [0.2, 0.25) is 0 Å². The van der Waals surface area contributed by atoms with Gasteiger partial charge in [0, 0.05) is 8.95 Å². The van der Waals surface area contributed by atoms with Gasteiger partial charge in [-0.15, -0.1) is 0 Å². The number of carbonyl (C=O) groups is 1. The molecule has 0 aliphatic carbocycles. The van der Waals surface area contributed by atoms with E-state index in [0.29, 0.717) is 15.7 Å². The fraction of sp³-hybridized carbons (Fsp3) is 0.0667. The maximum Gasteiger partial charge on any atom is 0.273 e. The summed E-state index contributed by atoms with van der Waals surface area (Å²) < 4.78 is 6.46. The minimum absolute atomic E-state index is 0.341. The molecule has 3 N–H and O–H groups in total. The standard InChI is InChI=1S/C15H13Br2N3O2/c1-22-11-4-2-9(3-5-11)8-19-20-15(21)12-6-10(16)7-13(17)14(12)18/h2-8H,18H2,1H3,(H,20,21)/b19-8+. The number of methoxy groups -OCH3 is 1. The molecule has 0 saturated heterocycles. The van der Waals surface area contributed by atoms with Crippen LogP contribution in [0, 0.1) is 0 Å². The third-order valence-electron chi connectivity index (χ3n) is 2.83. The summed E-state index contributed by atoms with van der Waals surface area (Å²) in [5.41, 5.74) is 9.86. The molecule has 22 heavy (non-hydrogen) atoms. The summed E-state index contributed by atoms with van der Waals surface area (Å²) in [5, 5.41) is 3.92. The summed E-state index contributed by atoms with van der Waals surface area (Å²) in [7, 11) is 1.60. The molecule has 0 saturated carbocycles. The normalized spacial score (nSPS) is 10.7. The van der Waals surface area contributed by atoms with Crippen molar-refractivity contribution >= 4 is 49.7 Å². The van der Waals surface area contributed by atoms with Crippen molar-refractivity contribution in [2.75, 3.05) is 12.8 Å². The van der Waals surface area contributed by atoms with E-state index in [1.54, 1.807) is 25.5 Å². The molecule has 2 aromatic rings. The van der Waals surface area contributed by atoms with Gasteiger partial charge in [0.15, 0.2) is 0 Å². The lowest BCUT2D eigenvalue weighted by molar-refractivity contribution is 0.0956. The monoisotopic (exact) mass is 425 g/mol. The van der Waals surface area contributed by atoms with Crippen molar-refractivity contribution in [2.24, 2.45) is 5.10 Å². The Morgan fingerprint density at radius 2 is 1.95 bits per heavy atom. The highest BCUT2D eigenvalue weighted by Gasteiger charge is 2.12. The van der Waals surface area contributed by atoms with E-state index in [4.69, 9.17) is 10.5 Å². The van der Waals surface area contributed by atoms with Gasteiger partial charge in [-0.25, -0.2) is 5.43 Å². The molecular weight excluding hydrogens is 414 g/mol. The highest BCUT2D eigenvalue weighted by atomic mass is 79.9. The van der Waals surface area contributed by atoms with Crippen LogP contribution in [0.4, 0.5) is 5.69 Å². The molecule has 2 rings (SSSR count). The fourth-order valence-electron chi connectivity index (χ4n) is 1.69. The number of anilines is 1. The van der Waals surface area contributed by atoms with Crippen LogP contribution in [0.1, 0.15) is 15.9 Å². The second kappa shape index (κ2) is 7.42. The van der Waals surface area contributed by atoms with Crippen molar-refractivity contribution in [1.82, 2.24) is 5.43 Å². The molecule has 0 unspecified atom stereocenters. The molecule has 114 valence electrons. The van der Waals surface area contributed by atoms with E-state index in [1.807, 2.05) is 24.3 Å². The molecule has 0 radical (unpaired) electrons. The smallest absolute Gasteiger partial charge is 0.273 e. The molecule has 2 aromatic carbocycles. The van der Waals surface area contributed by atoms with Crippen LogP contribution in [0.3, 0.4) is 0 Å². The van der Waals surface area contributed by atoms with E-state index in [-0.39, 0.29) is 5.91 Å². The van der Waals surface area contributed by atoms with Crippen molar-refractivity contribution in [3.63, 3.8) is 0 Å². The number of nitrogens with zero attached hydrogens (tertiary/aromatic N) is 1. The molecule has 5 nitrogen and oxygen atoms in total. The lowest BCUT2D eigenvalue weighted by atomic mass is 10.2. The maximum atomic E-state index is 12.1. The van der Waals surface area contributed by atoms with E-state index in [9.17, 15) is 4.79 Å². The van der Waals surface area contributed by atoms with Crippen LogP contribution < -0.4 is 15.9 Å². The SMILES string of the molecule is COc1ccc(/C=N/NC(=O)c2cc(Br)cc(Br)c2N)cc1. The van der Waals surface area contributed by atoms with E-state index in [0.717, 1.165) is 15.8 Å². The Bertz CT molecular complexity index is 715. The summed E-state index contributed by atoms with van der Waals surface area (Å²) >= 11 is 6.62. The van der Waals surface area contributed by atoms with Gasteiger partial charge in [0.05, 0.1) is 24.6 Å². The van der Waals surface area contributed by atoms with Crippen LogP contribution in [0.5, 0.6) is 5.75 Å². The first-order valence-electron chi connectivity index (χ1n) is 6.23. The van der Waals surface area contributed by atoms with Crippen molar-refractivity contribution in [2.45, 2.75) is 0 Å². The van der Waals surface area contributed by atoms with Crippen molar-refractivity contribution in [3.8, 4) is 5.75 Å². The second-order valence-electron chi connectivity index (χ2n) is 4.32. The number of halogens is 2. The zero-order valence-electron chi connectivity index (χ0n) is 11.6. The Balaban J connectivity index is 2.07. The minimum atomic E-state index is -0.385. The van der Waals surface area contributed by atoms with E-state index in [2.05, 4.69) is 42.4 Å². The highest BCUT2D eigenvalue weighted by Crippen LogP contribution is 2.28. The van der Waals surface area contributed by atoms with E-state index in [1.165, 1.54) is 0 Å². The molecule has 0 aliphatic rings. The predicted molar refractivity (Wildman–Crippen MR) is 94.3 cm³/mol. The average molecular weight is 427 g/mol. The first-order valence-corrected chi connectivity index (χ1v) is 7.82. The highest BCUT2D eigenvalue weighted by molar-refractivity contribution is 9.11. The zero-order valence-corrected chi connectivity index (χ0v) is 14.8. The van der Waals surface area contributed by atoms with Gasteiger partial charge in [-0.2, -0.15) is 5.10 Å². The quantitative estimate of drug-likeness (QED) is 0.445. The van der Waals surface area contributed by atoms with Gasteiger partial charge in [0.1, 0.15) is 5.75 Å². The first kappa shape index (κ1) is 16.5. The molecule has 0 aromatic heterocycles. The molecule has 0 aliphatic heterocycles. The van der Waals surface area contributed by atoms with Crippen LogP contribution in [0.15, 0.2) is 50.4 Å². The molecule has 7 heteroatoms. The number of benzene rings is 2. The first-order chi connectivity index (χ1) is 10.5. The summed E-state index contributed by atoms with van der Waals surface area (Å²) in [6, 6.07) is 10.7. The topological polar surface area (TPSA) is 76.7 Å². The number of hydrogen-bond acceptors (Lipinski definition) is 4. The molecule has 0 heterocycles. The summed E-state index contributed by atoms with van der Waals surface area (Å²) in [4.78, 5) is 12.1. The van der Waals surface area contributed by atoms with Crippen molar-refractivity contribution < 1.29 is 9.53 Å². The summed E-state index contributed by atoms with van der Waals surface area (Å²) in [6.45, 7) is 0. The zero-order chi connectivity index (χ0) is 16.1. The summed E-state index contributed by atoms with van der Waals surface area (Å²) in [6.07, 6.45) is 1.54. The Kier molecular flexibility index (Phi) is 5.57. The van der Waals surface area contributed by atoms with E-state index < -0.39 is 0 Å². The number of carbonyl (C=O) groups excluding carboxylic acids is 1. The number of hydrazone groups is 1. The van der Waals surface area contributed by atoms with Gasteiger partial charge < -0.3 is 10.5 Å². The van der Waals surface area contributed by atoms with Gasteiger partial charge in [0.25, 0.3) is 5.91 Å². The molecular formula is C15H13Br2N3O2. The van der Waals surface area contributed by atoms with Gasteiger partial charge in [-0.3, -0.25) is 4.79 Å². The number of nitrogen functional groups attached to an aromatic ring is 1. The number of nitrogens with one attached hydrogen (secondary N) is 1. The Hall–Kier alpha value is -1.86. The van der Waals surface area contributed by atoms with Crippen LogP contribution in [-0.4, -0.2) is 19.2 Å². The van der Waals surface area contributed by atoms with Crippen LogP contribution >= 0.6 is 31.9 Å².